The number of carbonyl (C=O) groups is 3. The average Bonchev–Trinajstić information content (AvgIpc) is 3.07. The number of ether oxygens (including phenoxy) is 1. The van der Waals surface area contributed by atoms with Crippen LogP contribution in [0.4, 0.5) is 34.5 Å². The fourth-order valence-electron chi connectivity index (χ4n) is 5.18. The van der Waals surface area contributed by atoms with Gasteiger partial charge in [-0.05, 0) is 74.4 Å². The van der Waals surface area contributed by atoms with Crippen LogP contribution in [0.3, 0.4) is 0 Å². The summed E-state index contributed by atoms with van der Waals surface area (Å²) in [6.45, 7) is 6.94. The van der Waals surface area contributed by atoms with Crippen LogP contribution in [0.15, 0.2) is 85.6 Å². The molecular weight excluding hydrogens is 620 g/mol. The van der Waals surface area contributed by atoms with Gasteiger partial charge in [-0.1, -0.05) is 30.3 Å². The zero-order chi connectivity index (χ0) is 33.6. The fourth-order valence-corrected chi connectivity index (χ4v) is 5.32. The predicted molar refractivity (Wildman–Crippen MR) is 184 cm³/mol. The Bertz CT molecular complexity index is 1810. The van der Waals surface area contributed by atoms with Crippen LogP contribution >= 0.6 is 11.6 Å². The SMILES string of the molecule is C=CC(=O)Nc1ccc(C(=O)NC2(C)CCN(c3ccc(Nc4ncc(Cl)c(Nc5ccccc5C(N)=O)n4)c(OC)c3)CC2)cc1. The van der Waals surface area contributed by atoms with E-state index in [1.165, 1.54) is 12.3 Å². The summed E-state index contributed by atoms with van der Waals surface area (Å²) in [6.07, 6.45) is 4.12. The molecule has 2 heterocycles. The topological polar surface area (TPSA) is 164 Å². The summed E-state index contributed by atoms with van der Waals surface area (Å²) in [5.74, 6) is 0.0899. The van der Waals surface area contributed by atoms with Gasteiger partial charge in [-0.2, -0.15) is 4.98 Å². The molecule has 242 valence electrons. The number of hydrogen-bond donors (Lipinski definition) is 5. The van der Waals surface area contributed by atoms with Crippen LogP contribution in [0.5, 0.6) is 5.75 Å². The molecule has 0 bridgehead atoms. The number of nitrogens with one attached hydrogen (secondary N) is 4. The average molecular weight is 655 g/mol. The van der Waals surface area contributed by atoms with E-state index in [4.69, 9.17) is 22.1 Å². The monoisotopic (exact) mass is 654 g/mol. The van der Waals surface area contributed by atoms with Crippen molar-refractivity contribution in [3.63, 3.8) is 0 Å². The van der Waals surface area contributed by atoms with Crippen molar-refractivity contribution >= 4 is 63.8 Å². The number of primary amides is 1. The molecule has 1 fully saturated rings. The zero-order valence-corrected chi connectivity index (χ0v) is 26.7. The van der Waals surface area contributed by atoms with Crippen molar-refractivity contribution < 1.29 is 19.1 Å². The Hall–Kier alpha value is -5.62. The first kappa shape index (κ1) is 32.8. The second kappa shape index (κ2) is 14.2. The van der Waals surface area contributed by atoms with E-state index in [-0.39, 0.29) is 28.3 Å². The third-order valence-electron chi connectivity index (χ3n) is 7.87. The number of benzene rings is 3. The molecule has 13 heteroatoms. The van der Waals surface area contributed by atoms with Gasteiger partial charge in [0.15, 0.2) is 5.82 Å². The molecule has 6 N–H and O–H groups in total. The Morgan fingerprint density at radius 1 is 1.02 bits per heavy atom. The van der Waals surface area contributed by atoms with Crippen molar-refractivity contribution in [1.82, 2.24) is 15.3 Å². The standard InChI is InChI=1S/C34H35ClN8O4/c1-4-29(44)38-22-11-9-21(10-12-22)32(46)42-34(2)15-17-43(18-16-34)23-13-14-27(28(19-23)47-3)40-33-37-20-25(35)31(41-33)39-26-8-6-5-7-24(26)30(36)45/h4-14,19-20H,1,15-18H2,2-3H3,(H2,36,45)(H,38,44)(H,42,46)(H2,37,39,40,41). The molecule has 0 aliphatic carbocycles. The van der Waals surface area contributed by atoms with Crippen LogP contribution in [0, 0.1) is 0 Å². The molecule has 12 nitrogen and oxygen atoms in total. The number of halogens is 1. The maximum absolute atomic E-state index is 13.0. The fraction of sp³-hybridized carbons (Fsp3) is 0.206. The highest BCUT2D eigenvalue weighted by atomic mass is 35.5. The largest absolute Gasteiger partial charge is 0.494 e. The lowest BCUT2D eigenvalue weighted by Crippen LogP contribution is -2.53. The Morgan fingerprint density at radius 2 is 1.74 bits per heavy atom. The van der Waals surface area contributed by atoms with Gasteiger partial charge in [0.1, 0.15) is 10.8 Å². The molecule has 0 atom stereocenters. The number of piperidine rings is 1. The highest BCUT2D eigenvalue weighted by Gasteiger charge is 2.32. The number of nitrogens with two attached hydrogens (primary N) is 1. The Morgan fingerprint density at radius 3 is 2.43 bits per heavy atom. The highest BCUT2D eigenvalue weighted by molar-refractivity contribution is 6.33. The lowest BCUT2D eigenvalue weighted by atomic mass is 9.89. The summed E-state index contributed by atoms with van der Waals surface area (Å²) < 4.78 is 5.70. The summed E-state index contributed by atoms with van der Waals surface area (Å²) in [6, 6.07) is 19.4. The molecule has 1 aliphatic heterocycles. The van der Waals surface area contributed by atoms with Crippen LogP contribution in [0.25, 0.3) is 0 Å². The maximum Gasteiger partial charge on any atom is 0.251 e. The molecule has 3 aromatic carbocycles. The van der Waals surface area contributed by atoms with Crippen LogP contribution in [0.2, 0.25) is 5.02 Å². The lowest BCUT2D eigenvalue weighted by Gasteiger charge is -2.41. The van der Waals surface area contributed by atoms with E-state index < -0.39 is 5.91 Å². The van der Waals surface area contributed by atoms with Crippen molar-refractivity contribution in [2.45, 2.75) is 25.3 Å². The first-order chi connectivity index (χ1) is 22.6. The van der Waals surface area contributed by atoms with Crippen molar-refractivity contribution in [2.24, 2.45) is 5.73 Å². The van der Waals surface area contributed by atoms with Crippen molar-refractivity contribution in [1.29, 1.82) is 0 Å². The van der Waals surface area contributed by atoms with Crippen LogP contribution in [-0.2, 0) is 4.79 Å². The van der Waals surface area contributed by atoms with Gasteiger partial charge in [-0.15, -0.1) is 0 Å². The van der Waals surface area contributed by atoms with E-state index >= 15 is 0 Å². The second-order valence-corrected chi connectivity index (χ2v) is 11.6. The predicted octanol–water partition coefficient (Wildman–Crippen LogP) is 5.64. The second-order valence-electron chi connectivity index (χ2n) is 11.2. The summed E-state index contributed by atoms with van der Waals surface area (Å²) in [4.78, 5) is 47.4. The summed E-state index contributed by atoms with van der Waals surface area (Å²) >= 11 is 6.35. The number of methoxy groups -OCH3 is 1. The number of para-hydroxylation sites is 1. The molecule has 0 saturated carbocycles. The summed E-state index contributed by atoms with van der Waals surface area (Å²) in [7, 11) is 1.59. The van der Waals surface area contributed by atoms with Crippen molar-refractivity contribution in [2.75, 3.05) is 41.0 Å². The minimum Gasteiger partial charge on any atom is -0.494 e. The first-order valence-corrected chi connectivity index (χ1v) is 15.2. The molecule has 1 aliphatic rings. The van der Waals surface area contributed by atoms with Gasteiger partial charge in [-0.3, -0.25) is 14.4 Å². The van der Waals surface area contributed by atoms with Crippen LogP contribution in [-0.4, -0.2) is 53.4 Å². The van der Waals surface area contributed by atoms with Gasteiger partial charge in [0, 0.05) is 41.6 Å². The molecular formula is C34H35ClN8O4. The quantitative estimate of drug-likeness (QED) is 0.129. The number of nitrogens with zero attached hydrogens (tertiary/aromatic N) is 3. The number of anilines is 6. The smallest absolute Gasteiger partial charge is 0.251 e. The lowest BCUT2D eigenvalue weighted by molar-refractivity contribution is -0.111. The Balaban J connectivity index is 1.22. The summed E-state index contributed by atoms with van der Waals surface area (Å²) in [5.41, 5.74) is 8.62. The maximum atomic E-state index is 13.0. The molecule has 5 rings (SSSR count). The van der Waals surface area contributed by atoms with E-state index in [9.17, 15) is 14.4 Å². The minimum atomic E-state index is -0.580. The van der Waals surface area contributed by atoms with Gasteiger partial charge < -0.3 is 36.6 Å². The van der Waals surface area contributed by atoms with Gasteiger partial charge in [0.05, 0.1) is 30.2 Å². The first-order valence-electron chi connectivity index (χ1n) is 14.8. The van der Waals surface area contributed by atoms with E-state index in [0.29, 0.717) is 39.8 Å². The van der Waals surface area contributed by atoms with Gasteiger partial charge in [0.2, 0.25) is 11.9 Å². The Kier molecular flexibility index (Phi) is 9.91. The molecule has 0 spiro atoms. The van der Waals surface area contributed by atoms with E-state index in [1.54, 1.807) is 55.6 Å². The third-order valence-corrected chi connectivity index (χ3v) is 8.15. The van der Waals surface area contributed by atoms with E-state index in [0.717, 1.165) is 31.6 Å². The minimum absolute atomic E-state index is 0.167. The normalized spacial score (nSPS) is 13.6. The van der Waals surface area contributed by atoms with E-state index in [1.807, 2.05) is 18.2 Å². The van der Waals surface area contributed by atoms with Gasteiger partial charge >= 0.3 is 0 Å². The molecule has 3 amide bonds. The molecule has 1 saturated heterocycles. The Labute approximate surface area is 277 Å². The zero-order valence-electron chi connectivity index (χ0n) is 26.0. The molecule has 0 unspecified atom stereocenters. The molecule has 0 radical (unpaired) electrons. The van der Waals surface area contributed by atoms with Crippen molar-refractivity contribution in [3.8, 4) is 5.75 Å². The number of carbonyl (C=O) groups excluding carboxylic acids is 3. The number of rotatable bonds is 11. The number of hydrogen-bond acceptors (Lipinski definition) is 9. The summed E-state index contributed by atoms with van der Waals surface area (Å²) in [5, 5.41) is 12.4. The van der Waals surface area contributed by atoms with Crippen LogP contribution in [0.1, 0.15) is 40.5 Å². The molecule has 4 aromatic rings. The highest BCUT2D eigenvalue weighted by Crippen LogP contribution is 2.35. The molecule has 47 heavy (non-hydrogen) atoms. The third kappa shape index (κ3) is 7.97. The molecule has 1 aromatic heterocycles. The van der Waals surface area contributed by atoms with E-state index in [2.05, 4.69) is 49.6 Å². The van der Waals surface area contributed by atoms with Gasteiger partial charge in [0.25, 0.3) is 11.8 Å². The van der Waals surface area contributed by atoms with Crippen molar-refractivity contribution in [3.05, 3.63) is 102 Å². The van der Waals surface area contributed by atoms with Gasteiger partial charge in [-0.25, -0.2) is 4.98 Å². The number of aromatic nitrogens is 2. The number of amides is 3. The van der Waals surface area contributed by atoms with Crippen LogP contribution < -0.4 is 36.6 Å².